The summed E-state index contributed by atoms with van der Waals surface area (Å²) in [5.41, 5.74) is 5.61. The van der Waals surface area contributed by atoms with E-state index >= 15 is 0 Å². The minimum absolute atomic E-state index is 0.0596. The average Bonchev–Trinajstić information content (AvgIpc) is 3.13. The van der Waals surface area contributed by atoms with Crippen LogP contribution in [0.5, 0.6) is 0 Å². The maximum atomic E-state index is 13.6. The number of benzene rings is 2. The lowest BCUT2D eigenvalue weighted by atomic mass is 9.94. The molecule has 4 rings (SSSR count). The second-order valence-corrected chi connectivity index (χ2v) is 7.24. The first kappa shape index (κ1) is 20.4. The predicted octanol–water partition coefficient (Wildman–Crippen LogP) is 5.72. The van der Waals surface area contributed by atoms with Gasteiger partial charge in [-0.15, -0.1) is 0 Å². The molecule has 0 unspecified atom stereocenters. The summed E-state index contributed by atoms with van der Waals surface area (Å²) in [6.07, 6.45) is 5.04. The normalized spacial score (nSPS) is 11.2. The minimum Gasteiger partial charge on any atom is -0.463 e. The molecule has 4 nitrogen and oxygen atoms in total. The fourth-order valence-electron chi connectivity index (χ4n) is 3.71. The molecule has 0 spiro atoms. The Morgan fingerprint density at radius 3 is 2.35 bits per heavy atom. The Morgan fingerprint density at radius 1 is 0.935 bits per heavy atom. The standard InChI is InChI=1S/C27H23NO3/c1-3-31-24(29)17-16-23-25(20-14-12-19(2)13-15-20)26(22-11-7-8-18-28(22)23)27(30)21-9-5-4-6-10-21/h4-18H,3H2,1-2H3/b17-16+. The van der Waals surface area contributed by atoms with Crippen molar-refractivity contribution in [3.8, 4) is 11.1 Å². The number of ketones is 1. The Labute approximate surface area is 181 Å². The van der Waals surface area contributed by atoms with Crippen molar-refractivity contribution >= 4 is 23.3 Å². The number of hydrogen-bond donors (Lipinski definition) is 0. The van der Waals surface area contributed by atoms with Crippen molar-refractivity contribution in [2.24, 2.45) is 0 Å². The van der Waals surface area contributed by atoms with Crippen LogP contribution in [0.25, 0.3) is 22.7 Å². The van der Waals surface area contributed by atoms with Gasteiger partial charge in [-0.25, -0.2) is 4.79 Å². The lowest BCUT2D eigenvalue weighted by Gasteiger charge is -2.07. The van der Waals surface area contributed by atoms with E-state index in [1.807, 2.05) is 90.3 Å². The van der Waals surface area contributed by atoms with Gasteiger partial charge in [-0.3, -0.25) is 4.79 Å². The summed E-state index contributed by atoms with van der Waals surface area (Å²) < 4.78 is 7.00. The van der Waals surface area contributed by atoms with Gasteiger partial charge < -0.3 is 9.14 Å². The van der Waals surface area contributed by atoms with E-state index in [0.717, 1.165) is 27.9 Å². The molecule has 0 bridgehead atoms. The van der Waals surface area contributed by atoms with Gasteiger partial charge in [-0.2, -0.15) is 0 Å². The van der Waals surface area contributed by atoms with Gasteiger partial charge in [0.05, 0.1) is 23.4 Å². The summed E-state index contributed by atoms with van der Waals surface area (Å²) in [7, 11) is 0. The summed E-state index contributed by atoms with van der Waals surface area (Å²) in [6.45, 7) is 4.10. The van der Waals surface area contributed by atoms with Gasteiger partial charge in [0.25, 0.3) is 0 Å². The van der Waals surface area contributed by atoms with E-state index in [1.54, 1.807) is 13.0 Å². The maximum Gasteiger partial charge on any atom is 0.330 e. The molecule has 0 radical (unpaired) electrons. The Bertz CT molecular complexity index is 1270. The third-order valence-corrected chi connectivity index (χ3v) is 5.15. The van der Waals surface area contributed by atoms with E-state index in [1.165, 1.54) is 6.08 Å². The van der Waals surface area contributed by atoms with Crippen LogP contribution in [0.15, 0.2) is 85.1 Å². The molecule has 4 heteroatoms. The number of nitrogens with zero attached hydrogens (tertiary/aromatic N) is 1. The minimum atomic E-state index is -0.417. The number of aryl methyl sites for hydroxylation is 1. The van der Waals surface area contributed by atoms with Crippen molar-refractivity contribution in [2.45, 2.75) is 13.8 Å². The molecule has 2 heterocycles. The fraction of sp³-hybridized carbons (Fsp3) is 0.111. The van der Waals surface area contributed by atoms with Crippen LogP contribution < -0.4 is 0 Å². The van der Waals surface area contributed by atoms with Crippen LogP contribution >= 0.6 is 0 Å². The summed E-state index contributed by atoms with van der Waals surface area (Å²) >= 11 is 0. The molecule has 0 amide bonds. The predicted molar refractivity (Wildman–Crippen MR) is 123 cm³/mol. The topological polar surface area (TPSA) is 47.8 Å². The quantitative estimate of drug-likeness (QED) is 0.232. The van der Waals surface area contributed by atoms with Gasteiger partial charge in [0, 0.05) is 23.4 Å². The molecule has 0 aliphatic heterocycles. The molecular formula is C27H23NO3. The third kappa shape index (κ3) is 4.05. The largest absolute Gasteiger partial charge is 0.463 e. The van der Waals surface area contributed by atoms with Crippen LogP contribution in [-0.2, 0) is 9.53 Å². The second-order valence-electron chi connectivity index (χ2n) is 7.24. The highest BCUT2D eigenvalue weighted by Gasteiger charge is 2.24. The lowest BCUT2D eigenvalue weighted by Crippen LogP contribution is -2.02. The average molecular weight is 409 g/mol. The van der Waals surface area contributed by atoms with Crippen molar-refractivity contribution in [3.05, 3.63) is 107 Å². The van der Waals surface area contributed by atoms with Crippen molar-refractivity contribution in [1.29, 1.82) is 0 Å². The molecule has 0 aliphatic carbocycles. The first-order chi connectivity index (χ1) is 15.1. The number of pyridine rings is 1. The zero-order chi connectivity index (χ0) is 21.8. The smallest absolute Gasteiger partial charge is 0.330 e. The summed E-state index contributed by atoms with van der Waals surface area (Å²) in [5.74, 6) is -0.477. The number of carbonyl (C=O) groups excluding carboxylic acids is 2. The number of rotatable bonds is 6. The van der Waals surface area contributed by atoms with Gasteiger partial charge in [0.1, 0.15) is 0 Å². The molecule has 0 aliphatic rings. The van der Waals surface area contributed by atoms with E-state index in [-0.39, 0.29) is 5.78 Å². The van der Waals surface area contributed by atoms with Gasteiger partial charge in [-0.1, -0.05) is 66.2 Å². The van der Waals surface area contributed by atoms with E-state index in [0.29, 0.717) is 17.7 Å². The van der Waals surface area contributed by atoms with Crippen molar-refractivity contribution < 1.29 is 14.3 Å². The van der Waals surface area contributed by atoms with Crippen LogP contribution in [0.1, 0.15) is 34.1 Å². The van der Waals surface area contributed by atoms with Crippen LogP contribution in [-0.4, -0.2) is 22.8 Å². The molecule has 0 saturated heterocycles. The van der Waals surface area contributed by atoms with Crippen molar-refractivity contribution in [3.63, 3.8) is 0 Å². The summed E-state index contributed by atoms with van der Waals surface area (Å²) in [5, 5.41) is 0. The van der Waals surface area contributed by atoms with Gasteiger partial charge in [-0.05, 0) is 37.6 Å². The first-order valence-electron chi connectivity index (χ1n) is 10.2. The molecule has 4 aromatic rings. The Morgan fingerprint density at radius 2 is 1.65 bits per heavy atom. The molecule has 154 valence electrons. The van der Waals surface area contributed by atoms with Crippen LogP contribution in [0.2, 0.25) is 0 Å². The van der Waals surface area contributed by atoms with E-state index in [2.05, 4.69) is 0 Å². The van der Waals surface area contributed by atoms with Crippen molar-refractivity contribution in [2.75, 3.05) is 6.61 Å². The summed E-state index contributed by atoms with van der Waals surface area (Å²) in [6, 6.07) is 23.1. The molecule has 31 heavy (non-hydrogen) atoms. The fourth-order valence-corrected chi connectivity index (χ4v) is 3.71. The Balaban J connectivity index is 2.01. The van der Waals surface area contributed by atoms with Crippen molar-refractivity contribution in [1.82, 2.24) is 4.40 Å². The maximum absolute atomic E-state index is 13.6. The first-order valence-corrected chi connectivity index (χ1v) is 10.2. The molecule has 0 fully saturated rings. The molecule has 2 aromatic carbocycles. The number of carbonyl (C=O) groups is 2. The molecular weight excluding hydrogens is 386 g/mol. The number of esters is 1. The number of fused-ring (bicyclic) bond motifs is 1. The van der Waals surface area contributed by atoms with Crippen LogP contribution in [0.4, 0.5) is 0 Å². The number of aromatic nitrogens is 1. The lowest BCUT2D eigenvalue weighted by molar-refractivity contribution is -0.137. The van der Waals surface area contributed by atoms with E-state index in [4.69, 9.17) is 4.74 Å². The summed E-state index contributed by atoms with van der Waals surface area (Å²) in [4.78, 5) is 25.7. The van der Waals surface area contributed by atoms with Gasteiger partial charge in [0.2, 0.25) is 0 Å². The number of ether oxygens (including phenoxy) is 1. The molecule has 0 saturated carbocycles. The zero-order valence-corrected chi connectivity index (χ0v) is 17.5. The monoisotopic (exact) mass is 409 g/mol. The van der Waals surface area contributed by atoms with Gasteiger partial charge >= 0.3 is 5.97 Å². The van der Waals surface area contributed by atoms with Gasteiger partial charge in [0.15, 0.2) is 5.78 Å². The van der Waals surface area contributed by atoms with Crippen LogP contribution in [0, 0.1) is 6.92 Å². The highest BCUT2D eigenvalue weighted by molar-refractivity contribution is 6.18. The highest BCUT2D eigenvalue weighted by atomic mass is 16.5. The molecule has 0 atom stereocenters. The Kier molecular flexibility index (Phi) is 5.80. The SMILES string of the molecule is CCOC(=O)/C=C/c1c(-c2ccc(C)cc2)c(C(=O)c2ccccc2)c2ccccn12. The van der Waals surface area contributed by atoms with Crippen LogP contribution in [0.3, 0.4) is 0 Å². The highest BCUT2D eigenvalue weighted by Crippen LogP contribution is 2.36. The number of hydrogen-bond acceptors (Lipinski definition) is 3. The third-order valence-electron chi connectivity index (χ3n) is 5.15. The molecule has 2 aromatic heterocycles. The van der Waals surface area contributed by atoms with E-state index < -0.39 is 5.97 Å². The zero-order valence-electron chi connectivity index (χ0n) is 17.5. The molecule has 0 N–H and O–H groups in total. The second kappa shape index (κ2) is 8.84. The Hall–Kier alpha value is -3.92. The van der Waals surface area contributed by atoms with E-state index in [9.17, 15) is 9.59 Å².